The monoisotopic (exact) mass is 212 g/mol. The molecule has 0 radical (unpaired) electrons. The minimum Gasteiger partial charge on any atom is -0.492 e. The number of carbonyl (C=O) groups is 1. The highest BCUT2D eigenvalue weighted by Crippen LogP contribution is 2.30. The summed E-state index contributed by atoms with van der Waals surface area (Å²) < 4.78 is 5.38. The molecule has 0 N–H and O–H groups in total. The number of aryl methyl sites for hydroxylation is 1. The third-order valence-electron chi connectivity index (χ3n) is 1.86. The van der Waals surface area contributed by atoms with Crippen LogP contribution in [0.4, 0.5) is 0 Å². The van der Waals surface area contributed by atoms with E-state index in [1.54, 1.807) is 0 Å². The van der Waals surface area contributed by atoms with Crippen LogP contribution in [0.15, 0.2) is 12.1 Å². The molecule has 0 aliphatic rings. The highest BCUT2D eigenvalue weighted by atomic mass is 35.5. The maximum atomic E-state index is 10.5. The number of hydrogen-bond acceptors (Lipinski definition) is 2. The first kappa shape index (κ1) is 11.1. The van der Waals surface area contributed by atoms with Gasteiger partial charge >= 0.3 is 0 Å². The van der Waals surface area contributed by atoms with Crippen LogP contribution in [0.2, 0.25) is 5.02 Å². The number of aldehydes is 1. The Hall–Kier alpha value is -1.02. The minimum atomic E-state index is 0.344. The van der Waals surface area contributed by atoms with E-state index in [1.807, 2.05) is 26.0 Å². The zero-order valence-electron chi connectivity index (χ0n) is 8.34. The lowest BCUT2D eigenvalue weighted by molar-refractivity contribution is -0.107. The van der Waals surface area contributed by atoms with Crippen molar-refractivity contribution in [1.29, 1.82) is 0 Å². The van der Waals surface area contributed by atoms with E-state index in [0.717, 1.165) is 17.4 Å². The van der Waals surface area contributed by atoms with Gasteiger partial charge in [0.25, 0.3) is 0 Å². The predicted octanol–water partition coefficient (Wildman–Crippen LogP) is 2.79. The van der Waals surface area contributed by atoms with Gasteiger partial charge in [-0.05, 0) is 25.5 Å². The fraction of sp³-hybridized carbons (Fsp3) is 0.364. The Labute approximate surface area is 88.8 Å². The summed E-state index contributed by atoms with van der Waals surface area (Å²) in [6.07, 6.45) is 1.20. The molecule has 0 heterocycles. The lowest BCUT2D eigenvalue weighted by Crippen LogP contribution is -1.99. The van der Waals surface area contributed by atoms with Gasteiger partial charge in [-0.1, -0.05) is 17.7 Å². The molecule has 0 aliphatic heterocycles. The third-order valence-corrected chi connectivity index (χ3v) is 2.14. The Morgan fingerprint density at radius 2 is 2.21 bits per heavy atom. The number of rotatable bonds is 4. The van der Waals surface area contributed by atoms with Crippen molar-refractivity contribution in [1.82, 2.24) is 0 Å². The molecule has 0 saturated heterocycles. The van der Waals surface area contributed by atoms with Crippen LogP contribution in [0.3, 0.4) is 0 Å². The van der Waals surface area contributed by atoms with Crippen molar-refractivity contribution in [3.05, 3.63) is 28.3 Å². The van der Waals surface area contributed by atoms with E-state index < -0.39 is 0 Å². The normalized spacial score (nSPS) is 9.93. The number of benzene rings is 1. The lowest BCUT2D eigenvalue weighted by Gasteiger charge is -2.11. The van der Waals surface area contributed by atoms with Gasteiger partial charge in [0, 0.05) is 12.0 Å². The number of hydrogen-bond donors (Lipinski definition) is 0. The van der Waals surface area contributed by atoms with Crippen molar-refractivity contribution in [3.8, 4) is 5.75 Å². The fourth-order valence-electron chi connectivity index (χ4n) is 1.35. The van der Waals surface area contributed by atoms with E-state index in [0.29, 0.717) is 23.8 Å². The molecule has 1 aromatic rings. The van der Waals surface area contributed by atoms with Crippen LogP contribution in [0.5, 0.6) is 5.75 Å². The molecule has 0 atom stereocenters. The van der Waals surface area contributed by atoms with Crippen molar-refractivity contribution >= 4 is 17.9 Å². The average molecular weight is 213 g/mol. The zero-order chi connectivity index (χ0) is 10.6. The first-order chi connectivity index (χ1) is 6.69. The Bertz CT molecular complexity index is 334. The summed E-state index contributed by atoms with van der Waals surface area (Å²) in [6.45, 7) is 4.38. The summed E-state index contributed by atoms with van der Waals surface area (Å²) in [7, 11) is 0. The summed E-state index contributed by atoms with van der Waals surface area (Å²) in [5.41, 5.74) is 1.89. The van der Waals surface area contributed by atoms with Crippen molar-refractivity contribution in [3.63, 3.8) is 0 Å². The predicted molar refractivity (Wildman–Crippen MR) is 57.1 cm³/mol. The van der Waals surface area contributed by atoms with Gasteiger partial charge in [0.1, 0.15) is 12.0 Å². The number of halogens is 1. The van der Waals surface area contributed by atoms with E-state index in [-0.39, 0.29) is 0 Å². The second-order valence-electron chi connectivity index (χ2n) is 3.04. The standard InChI is InChI=1S/C11H13ClO2/c1-3-14-11-9(4-5-13)6-8(2)7-10(11)12/h5-7H,3-4H2,1-2H3. The zero-order valence-corrected chi connectivity index (χ0v) is 9.10. The van der Waals surface area contributed by atoms with E-state index in [1.165, 1.54) is 0 Å². The van der Waals surface area contributed by atoms with Crippen molar-refractivity contribution < 1.29 is 9.53 Å². The summed E-state index contributed by atoms with van der Waals surface area (Å²) in [5, 5.41) is 0.573. The van der Waals surface area contributed by atoms with Crippen LogP contribution < -0.4 is 4.74 Å². The van der Waals surface area contributed by atoms with Crippen molar-refractivity contribution in [2.75, 3.05) is 6.61 Å². The number of carbonyl (C=O) groups excluding carboxylic acids is 1. The highest BCUT2D eigenvalue weighted by molar-refractivity contribution is 6.32. The molecule has 1 aromatic carbocycles. The maximum Gasteiger partial charge on any atom is 0.141 e. The molecule has 0 unspecified atom stereocenters. The molecule has 0 aromatic heterocycles. The van der Waals surface area contributed by atoms with Gasteiger partial charge in [-0.2, -0.15) is 0 Å². The quantitative estimate of drug-likeness (QED) is 0.718. The molecular formula is C11H13ClO2. The SMILES string of the molecule is CCOc1c(Cl)cc(C)cc1CC=O. The Morgan fingerprint density at radius 3 is 2.79 bits per heavy atom. The van der Waals surface area contributed by atoms with Crippen LogP contribution in [0.25, 0.3) is 0 Å². The van der Waals surface area contributed by atoms with Gasteiger partial charge in [-0.3, -0.25) is 0 Å². The molecule has 0 amide bonds. The Morgan fingerprint density at radius 1 is 1.50 bits per heavy atom. The summed E-state index contributed by atoms with van der Waals surface area (Å²) in [6, 6.07) is 3.76. The van der Waals surface area contributed by atoms with Crippen LogP contribution in [-0.2, 0) is 11.2 Å². The molecule has 0 spiro atoms. The van der Waals surface area contributed by atoms with Crippen LogP contribution in [0.1, 0.15) is 18.1 Å². The molecule has 0 fully saturated rings. The van der Waals surface area contributed by atoms with Crippen LogP contribution in [0, 0.1) is 6.92 Å². The smallest absolute Gasteiger partial charge is 0.141 e. The first-order valence-corrected chi connectivity index (χ1v) is 4.92. The van der Waals surface area contributed by atoms with E-state index in [9.17, 15) is 4.79 Å². The molecular weight excluding hydrogens is 200 g/mol. The van der Waals surface area contributed by atoms with Gasteiger partial charge in [-0.15, -0.1) is 0 Å². The van der Waals surface area contributed by atoms with E-state index >= 15 is 0 Å². The molecule has 14 heavy (non-hydrogen) atoms. The van der Waals surface area contributed by atoms with Crippen LogP contribution in [-0.4, -0.2) is 12.9 Å². The molecule has 2 nitrogen and oxygen atoms in total. The Kier molecular flexibility index (Phi) is 3.96. The maximum absolute atomic E-state index is 10.5. The largest absolute Gasteiger partial charge is 0.492 e. The van der Waals surface area contributed by atoms with Gasteiger partial charge in [0.05, 0.1) is 11.6 Å². The summed E-state index contributed by atoms with van der Waals surface area (Å²) >= 11 is 6.01. The number of ether oxygens (including phenoxy) is 1. The lowest BCUT2D eigenvalue weighted by atomic mass is 10.1. The molecule has 3 heteroatoms. The van der Waals surface area contributed by atoms with Gasteiger partial charge in [0.2, 0.25) is 0 Å². The van der Waals surface area contributed by atoms with Gasteiger partial charge in [0.15, 0.2) is 0 Å². The second-order valence-corrected chi connectivity index (χ2v) is 3.45. The Balaban J connectivity index is 3.13. The second kappa shape index (κ2) is 5.01. The fourth-order valence-corrected chi connectivity index (χ4v) is 1.70. The average Bonchev–Trinajstić information content (AvgIpc) is 2.11. The van der Waals surface area contributed by atoms with E-state index in [4.69, 9.17) is 16.3 Å². The third kappa shape index (κ3) is 2.48. The molecule has 0 aliphatic carbocycles. The first-order valence-electron chi connectivity index (χ1n) is 4.54. The molecule has 76 valence electrons. The van der Waals surface area contributed by atoms with Crippen LogP contribution >= 0.6 is 11.6 Å². The topological polar surface area (TPSA) is 26.3 Å². The molecule has 0 bridgehead atoms. The van der Waals surface area contributed by atoms with Gasteiger partial charge in [-0.25, -0.2) is 0 Å². The minimum absolute atomic E-state index is 0.344. The molecule has 0 saturated carbocycles. The molecule has 1 rings (SSSR count). The highest BCUT2D eigenvalue weighted by Gasteiger charge is 2.08. The van der Waals surface area contributed by atoms with Crippen molar-refractivity contribution in [2.45, 2.75) is 20.3 Å². The van der Waals surface area contributed by atoms with E-state index in [2.05, 4.69) is 0 Å². The van der Waals surface area contributed by atoms with Gasteiger partial charge < -0.3 is 9.53 Å². The van der Waals surface area contributed by atoms with Crippen molar-refractivity contribution in [2.24, 2.45) is 0 Å². The summed E-state index contributed by atoms with van der Waals surface area (Å²) in [4.78, 5) is 10.5. The summed E-state index contributed by atoms with van der Waals surface area (Å²) in [5.74, 6) is 0.631.